The van der Waals surface area contributed by atoms with E-state index in [0.717, 1.165) is 6.42 Å². The molecule has 0 bridgehead atoms. The molecule has 0 nitrogen and oxygen atoms in total. The molecule has 0 heteroatoms. The van der Waals surface area contributed by atoms with E-state index in [9.17, 15) is 0 Å². The lowest BCUT2D eigenvalue weighted by Crippen LogP contribution is -2.00. The van der Waals surface area contributed by atoms with Crippen LogP contribution in [0.2, 0.25) is 0 Å². The van der Waals surface area contributed by atoms with Crippen LogP contribution in [0.5, 0.6) is 0 Å². The minimum atomic E-state index is 1.03. The van der Waals surface area contributed by atoms with Crippen molar-refractivity contribution in [3.05, 3.63) is 83.9 Å². The second kappa shape index (κ2) is 3.91. The predicted molar refractivity (Wildman–Crippen MR) is 99.3 cm³/mol. The van der Waals surface area contributed by atoms with Gasteiger partial charge in [-0.2, -0.15) is 0 Å². The normalized spacial score (nSPS) is 13.0. The Hall–Kier alpha value is -2.86. The average Bonchev–Trinajstić information content (AvgIpc) is 2.61. The van der Waals surface area contributed by atoms with E-state index in [1.807, 2.05) is 0 Å². The molecule has 0 aliphatic heterocycles. The lowest BCUT2D eigenvalue weighted by atomic mass is 9.82. The van der Waals surface area contributed by atoms with Crippen LogP contribution in [0.4, 0.5) is 0 Å². The van der Waals surface area contributed by atoms with Crippen molar-refractivity contribution >= 4 is 43.1 Å². The fourth-order valence-corrected chi connectivity index (χ4v) is 4.45. The van der Waals surface area contributed by atoms with Gasteiger partial charge in [-0.1, -0.05) is 66.7 Å². The van der Waals surface area contributed by atoms with Crippen molar-refractivity contribution in [2.45, 2.75) is 6.42 Å². The number of benzene rings is 5. The van der Waals surface area contributed by atoms with Crippen LogP contribution >= 0.6 is 0 Å². The van der Waals surface area contributed by atoms with Gasteiger partial charge in [-0.05, 0) is 66.7 Å². The molecule has 0 fully saturated rings. The smallest absolute Gasteiger partial charge is 0.000683 e. The Morgan fingerprint density at radius 2 is 1.26 bits per heavy atom. The molecule has 0 amide bonds. The zero-order valence-corrected chi connectivity index (χ0v) is 12.6. The Morgan fingerprint density at radius 3 is 2.17 bits per heavy atom. The molecular formula is C23H14. The summed E-state index contributed by atoms with van der Waals surface area (Å²) in [6.07, 6.45) is 1.03. The minimum Gasteiger partial charge on any atom is -0.0616 e. The van der Waals surface area contributed by atoms with Crippen molar-refractivity contribution in [2.75, 3.05) is 0 Å². The monoisotopic (exact) mass is 290 g/mol. The number of fused-ring (bicyclic) bond motifs is 2. The van der Waals surface area contributed by atoms with Gasteiger partial charge in [0.2, 0.25) is 0 Å². The lowest BCUT2D eigenvalue weighted by Gasteiger charge is -2.21. The fraction of sp³-hybridized carbons (Fsp3) is 0.0435. The second-order valence-corrected chi connectivity index (χ2v) is 6.60. The van der Waals surface area contributed by atoms with Gasteiger partial charge in [0.05, 0.1) is 0 Å². The highest BCUT2D eigenvalue weighted by molar-refractivity contribution is 6.25. The SMILES string of the molecule is c1ccc2c3c4c(ccc5ccc6cccc(c6c54)C3)cc2c1. The quantitative estimate of drug-likeness (QED) is 0.231. The number of hydrogen-bond donors (Lipinski definition) is 0. The Labute approximate surface area is 134 Å². The maximum Gasteiger partial charge on any atom is -0.000683 e. The summed E-state index contributed by atoms with van der Waals surface area (Å²) in [5, 5.41) is 11.2. The van der Waals surface area contributed by atoms with Crippen molar-refractivity contribution in [3.8, 4) is 0 Å². The van der Waals surface area contributed by atoms with E-state index in [2.05, 4.69) is 72.8 Å². The maximum atomic E-state index is 2.35. The summed E-state index contributed by atoms with van der Waals surface area (Å²) in [5.74, 6) is 0. The molecule has 0 saturated carbocycles. The highest BCUT2D eigenvalue weighted by atomic mass is 14.2. The van der Waals surface area contributed by atoms with Crippen molar-refractivity contribution in [2.24, 2.45) is 0 Å². The zero-order chi connectivity index (χ0) is 15.0. The topological polar surface area (TPSA) is 0 Å². The van der Waals surface area contributed by atoms with Gasteiger partial charge in [-0.15, -0.1) is 0 Å². The van der Waals surface area contributed by atoms with Crippen molar-refractivity contribution in [1.82, 2.24) is 0 Å². The Kier molecular flexibility index (Phi) is 1.98. The molecule has 6 rings (SSSR count). The molecule has 0 heterocycles. The molecule has 0 N–H and O–H groups in total. The highest BCUT2D eigenvalue weighted by Crippen LogP contribution is 2.43. The van der Waals surface area contributed by atoms with E-state index in [1.54, 1.807) is 0 Å². The summed E-state index contributed by atoms with van der Waals surface area (Å²) in [6, 6.07) is 27.0. The van der Waals surface area contributed by atoms with Gasteiger partial charge in [0, 0.05) is 0 Å². The third kappa shape index (κ3) is 1.37. The first-order valence-corrected chi connectivity index (χ1v) is 8.18. The second-order valence-electron chi connectivity index (χ2n) is 6.60. The van der Waals surface area contributed by atoms with Crippen LogP contribution in [0.25, 0.3) is 43.1 Å². The fourth-order valence-electron chi connectivity index (χ4n) is 4.45. The molecule has 5 aromatic rings. The van der Waals surface area contributed by atoms with Crippen molar-refractivity contribution in [1.29, 1.82) is 0 Å². The zero-order valence-electron chi connectivity index (χ0n) is 12.6. The van der Waals surface area contributed by atoms with Crippen LogP contribution in [0.3, 0.4) is 0 Å². The highest BCUT2D eigenvalue weighted by Gasteiger charge is 2.19. The van der Waals surface area contributed by atoms with Crippen molar-refractivity contribution in [3.63, 3.8) is 0 Å². The van der Waals surface area contributed by atoms with Crippen LogP contribution in [-0.2, 0) is 6.42 Å². The molecule has 0 unspecified atom stereocenters. The summed E-state index contributed by atoms with van der Waals surface area (Å²) in [5.41, 5.74) is 2.96. The third-order valence-corrected chi connectivity index (χ3v) is 5.41. The molecule has 0 saturated heterocycles. The Morgan fingerprint density at radius 1 is 0.522 bits per heavy atom. The molecule has 0 spiro atoms. The molecular weight excluding hydrogens is 276 g/mol. The average molecular weight is 290 g/mol. The van der Waals surface area contributed by atoms with E-state index in [-0.39, 0.29) is 0 Å². The minimum absolute atomic E-state index is 1.03. The van der Waals surface area contributed by atoms with Crippen LogP contribution in [0.15, 0.2) is 72.8 Å². The number of hydrogen-bond acceptors (Lipinski definition) is 0. The predicted octanol–water partition coefficient (Wildman–Crippen LogP) is 6.20. The van der Waals surface area contributed by atoms with Crippen LogP contribution in [0.1, 0.15) is 11.1 Å². The summed E-state index contributed by atoms with van der Waals surface area (Å²) in [4.78, 5) is 0. The first kappa shape index (κ1) is 11.7. The van der Waals surface area contributed by atoms with Gasteiger partial charge in [0.25, 0.3) is 0 Å². The molecule has 0 aromatic heterocycles. The maximum absolute atomic E-state index is 2.35. The lowest BCUT2D eigenvalue weighted by molar-refractivity contribution is 1.25. The largest absolute Gasteiger partial charge is 0.0616 e. The summed E-state index contributed by atoms with van der Waals surface area (Å²) < 4.78 is 0. The van der Waals surface area contributed by atoms with Gasteiger partial charge in [0.15, 0.2) is 0 Å². The first-order chi connectivity index (χ1) is 11.4. The van der Waals surface area contributed by atoms with E-state index in [4.69, 9.17) is 0 Å². The summed E-state index contributed by atoms with van der Waals surface area (Å²) >= 11 is 0. The molecule has 23 heavy (non-hydrogen) atoms. The first-order valence-electron chi connectivity index (χ1n) is 8.18. The summed E-state index contributed by atoms with van der Waals surface area (Å²) in [7, 11) is 0. The van der Waals surface area contributed by atoms with E-state index >= 15 is 0 Å². The van der Waals surface area contributed by atoms with Gasteiger partial charge in [0.1, 0.15) is 0 Å². The van der Waals surface area contributed by atoms with Gasteiger partial charge < -0.3 is 0 Å². The molecule has 1 aliphatic carbocycles. The summed E-state index contributed by atoms with van der Waals surface area (Å²) in [6.45, 7) is 0. The van der Waals surface area contributed by atoms with E-state index in [0.29, 0.717) is 0 Å². The standard InChI is InChI=1S/C23H14/c1-2-7-19-16(4-1)12-18-11-10-15-9-8-14-5-3-6-17-13-20(19)22(18)23(15)21(14)17/h1-12H,13H2. The van der Waals surface area contributed by atoms with Gasteiger partial charge in [-0.25, -0.2) is 0 Å². The van der Waals surface area contributed by atoms with Crippen LogP contribution < -0.4 is 0 Å². The Bertz CT molecular complexity index is 1280. The third-order valence-electron chi connectivity index (χ3n) is 5.41. The molecule has 5 aromatic carbocycles. The van der Waals surface area contributed by atoms with E-state index < -0.39 is 0 Å². The van der Waals surface area contributed by atoms with E-state index in [1.165, 1.54) is 54.2 Å². The molecule has 0 atom stereocenters. The number of rotatable bonds is 0. The molecule has 0 radical (unpaired) electrons. The Balaban J connectivity index is 2.04. The van der Waals surface area contributed by atoms with Crippen molar-refractivity contribution < 1.29 is 0 Å². The van der Waals surface area contributed by atoms with Gasteiger partial charge >= 0.3 is 0 Å². The molecule has 106 valence electrons. The molecule has 1 aliphatic rings. The van der Waals surface area contributed by atoms with Crippen LogP contribution in [-0.4, -0.2) is 0 Å². The van der Waals surface area contributed by atoms with Gasteiger partial charge in [-0.3, -0.25) is 0 Å². The van der Waals surface area contributed by atoms with Crippen LogP contribution in [0, 0.1) is 0 Å².